The monoisotopic (exact) mass is 372 g/mol. The average molecular weight is 372 g/mol. The predicted octanol–water partition coefficient (Wildman–Crippen LogP) is 3.01. The Morgan fingerprint density at radius 2 is 1.76 bits per heavy atom. The molecule has 2 rings (SSSR count). The lowest BCUT2D eigenvalue weighted by Gasteiger charge is -2.10. The zero-order valence-corrected chi connectivity index (χ0v) is 13.9. The van der Waals surface area contributed by atoms with Crippen molar-refractivity contribution >= 4 is 21.6 Å². The summed E-state index contributed by atoms with van der Waals surface area (Å²) in [6.45, 7) is 0.0361. The van der Waals surface area contributed by atoms with E-state index in [9.17, 15) is 26.4 Å². The molecular weight excluding hydrogens is 357 g/mol. The van der Waals surface area contributed by atoms with Gasteiger partial charge in [0, 0.05) is 17.8 Å². The number of hydrogen-bond donors (Lipinski definition) is 2. The molecule has 0 saturated carbocycles. The zero-order chi connectivity index (χ0) is 18.7. The molecule has 0 bridgehead atoms. The van der Waals surface area contributed by atoms with Crippen LogP contribution < -0.4 is 10.0 Å². The molecular formula is C16H15F3N2O3S. The average Bonchev–Trinajstić information content (AvgIpc) is 2.50. The highest BCUT2D eigenvalue weighted by atomic mass is 32.2. The maximum Gasteiger partial charge on any atom is 0.416 e. The van der Waals surface area contributed by atoms with Gasteiger partial charge >= 0.3 is 6.18 Å². The predicted molar refractivity (Wildman–Crippen MR) is 87.5 cm³/mol. The number of nitrogens with one attached hydrogen (secondary N) is 2. The van der Waals surface area contributed by atoms with Gasteiger partial charge in [0.25, 0.3) is 5.91 Å². The highest BCUT2D eigenvalue weighted by Gasteiger charge is 2.30. The SMILES string of the molecule is CS(=O)(=O)Nc1cccc(CNC(=O)c2cccc(C(F)(F)F)c2)c1. The van der Waals surface area contributed by atoms with Crippen LogP contribution in [0, 0.1) is 0 Å². The molecule has 1 amide bonds. The fourth-order valence-corrected chi connectivity index (χ4v) is 2.64. The maximum absolute atomic E-state index is 12.7. The number of alkyl halides is 3. The molecule has 25 heavy (non-hydrogen) atoms. The van der Waals surface area contributed by atoms with Crippen molar-refractivity contribution in [2.45, 2.75) is 12.7 Å². The third-order valence-corrected chi connectivity index (χ3v) is 3.74. The number of amides is 1. The summed E-state index contributed by atoms with van der Waals surface area (Å²) in [7, 11) is -3.43. The number of sulfonamides is 1. The lowest BCUT2D eigenvalue weighted by molar-refractivity contribution is -0.137. The summed E-state index contributed by atoms with van der Waals surface area (Å²) < 4.78 is 62.7. The Morgan fingerprint density at radius 1 is 1.08 bits per heavy atom. The number of rotatable bonds is 5. The van der Waals surface area contributed by atoms with Crippen LogP contribution in [0.4, 0.5) is 18.9 Å². The molecule has 5 nitrogen and oxygen atoms in total. The second kappa shape index (κ2) is 7.14. The van der Waals surface area contributed by atoms with Gasteiger partial charge < -0.3 is 5.32 Å². The van der Waals surface area contributed by atoms with Gasteiger partial charge in [0.05, 0.1) is 11.8 Å². The molecule has 0 saturated heterocycles. The minimum Gasteiger partial charge on any atom is -0.348 e. The Hall–Kier alpha value is -2.55. The van der Waals surface area contributed by atoms with Gasteiger partial charge in [-0.3, -0.25) is 9.52 Å². The van der Waals surface area contributed by atoms with Crippen LogP contribution in [0.3, 0.4) is 0 Å². The minimum absolute atomic E-state index is 0.0361. The molecule has 2 aromatic carbocycles. The number of carbonyl (C=O) groups is 1. The molecule has 0 spiro atoms. The van der Waals surface area contributed by atoms with Crippen molar-refractivity contribution in [3.63, 3.8) is 0 Å². The van der Waals surface area contributed by atoms with E-state index in [4.69, 9.17) is 0 Å². The normalized spacial score (nSPS) is 11.8. The van der Waals surface area contributed by atoms with Crippen molar-refractivity contribution in [1.29, 1.82) is 0 Å². The van der Waals surface area contributed by atoms with Gasteiger partial charge in [-0.1, -0.05) is 18.2 Å². The van der Waals surface area contributed by atoms with E-state index in [1.54, 1.807) is 18.2 Å². The van der Waals surface area contributed by atoms with Crippen LogP contribution >= 0.6 is 0 Å². The summed E-state index contributed by atoms with van der Waals surface area (Å²) in [5.41, 5.74) is -0.0953. The van der Waals surface area contributed by atoms with Crippen molar-refractivity contribution in [1.82, 2.24) is 5.32 Å². The fourth-order valence-electron chi connectivity index (χ4n) is 2.08. The quantitative estimate of drug-likeness (QED) is 0.847. The first-order chi connectivity index (χ1) is 11.5. The topological polar surface area (TPSA) is 75.3 Å². The molecule has 0 fully saturated rings. The fraction of sp³-hybridized carbons (Fsp3) is 0.188. The molecule has 134 valence electrons. The summed E-state index contributed by atoms with van der Waals surface area (Å²) in [5.74, 6) is -0.660. The lowest BCUT2D eigenvalue weighted by Crippen LogP contribution is -2.23. The van der Waals surface area contributed by atoms with Crippen molar-refractivity contribution in [2.75, 3.05) is 11.0 Å². The van der Waals surface area contributed by atoms with Gasteiger partial charge in [-0.15, -0.1) is 0 Å². The molecule has 0 atom stereocenters. The smallest absolute Gasteiger partial charge is 0.348 e. The summed E-state index contributed by atoms with van der Waals surface area (Å²) in [4.78, 5) is 12.0. The molecule has 0 aliphatic rings. The van der Waals surface area contributed by atoms with Gasteiger partial charge in [0.15, 0.2) is 0 Å². The van der Waals surface area contributed by atoms with Crippen LogP contribution in [0.25, 0.3) is 0 Å². The van der Waals surface area contributed by atoms with Crippen molar-refractivity contribution in [2.24, 2.45) is 0 Å². The van der Waals surface area contributed by atoms with E-state index >= 15 is 0 Å². The van der Waals surface area contributed by atoms with E-state index in [0.717, 1.165) is 24.5 Å². The Balaban J connectivity index is 2.07. The third kappa shape index (κ3) is 5.79. The Bertz CT molecular complexity index is 880. The van der Waals surface area contributed by atoms with Gasteiger partial charge in [-0.2, -0.15) is 13.2 Å². The molecule has 2 N–H and O–H groups in total. The molecule has 9 heteroatoms. The summed E-state index contributed by atoms with van der Waals surface area (Å²) in [5, 5.41) is 2.50. The van der Waals surface area contributed by atoms with Crippen LogP contribution in [0.15, 0.2) is 48.5 Å². The Kier molecular flexibility index (Phi) is 5.36. The highest BCUT2D eigenvalue weighted by molar-refractivity contribution is 7.92. The lowest BCUT2D eigenvalue weighted by atomic mass is 10.1. The second-order valence-corrected chi connectivity index (χ2v) is 7.08. The van der Waals surface area contributed by atoms with Crippen LogP contribution in [0.2, 0.25) is 0 Å². The summed E-state index contributed by atoms with van der Waals surface area (Å²) in [6, 6.07) is 10.4. The first kappa shape index (κ1) is 18.8. The van der Waals surface area contributed by atoms with E-state index in [1.165, 1.54) is 12.1 Å². The third-order valence-electron chi connectivity index (χ3n) is 3.14. The highest BCUT2D eigenvalue weighted by Crippen LogP contribution is 2.29. The van der Waals surface area contributed by atoms with E-state index < -0.39 is 27.7 Å². The standard InChI is InChI=1S/C16H15F3N2O3S/c1-25(23,24)21-14-7-2-4-11(8-14)10-20-15(22)12-5-3-6-13(9-12)16(17,18)19/h2-9,21H,10H2,1H3,(H,20,22). The van der Waals surface area contributed by atoms with E-state index in [2.05, 4.69) is 10.0 Å². The molecule has 0 aromatic heterocycles. The molecule has 0 heterocycles. The first-order valence-electron chi connectivity index (χ1n) is 7.07. The zero-order valence-electron chi connectivity index (χ0n) is 13.1. The van der Waals surface area contributed by atoms with Gasteiger partial charge in [-0.05, 0) is 35.9 Å². The largest absolute Gasteiger partial charge is 0.416 e. The molecule has 0 radical (unpaired) electrons. The minimum atomic E-state index is -4.53. The van der Waals surface area contributed by atoms with Crippen LogP contribution in [-0.4, -0.2) is 20.6 Å². The number of hydrogen-bond acceptors (Lipinski definition) is 3. The Morgan fingerprint density at radius 3 is 2.40 bits per heavy atom. The number of benzene rings is 2. The second-order valence-electron chi connectivity index (χ2n) is 5.34. The number of anilines is 1. The summed E-state index contributed by atoms with van der Waals surface area (Å²) >= 11 is 0. The van der Waals surface area contributed by atoms with Gasteiger partial charge in [0.2, 0.25) is 10.0 Å². The van der Waals surface area contributed by atoms with Crippen molar-refractivity contribution < 1.29 is 26.4 Å². The van der Waals surface area contributed by atoms with Crippen LogP contribution in [-0.2, 0) is 22.7 Å². The van der Waals surface area contributed by atoms with Gasteiger partial charge in [-0.25, -0.2) is 8.42 Å². The molecule has 0 aliphatic heterocycles. The number of halogens is 3. The van der Waals surface area contributed by atoms with Crippen LogP contribution in [0.1, 0.15) is 21.5 Å². The summed E-state index contributed by atoms with van der Waals surface area (Å²) in [6.07, 6.45) is -3.52. The van der Waals surface area contributed by atoms with Crippen LogP contribution in [0.5, 0.6) is 0 Å². The van der Waals surface area contributed by atoms with E-state index in [1.807, 2.05) is 0 Å². The van der Waals surface area contributed by atoms with Gasteiger partial charge in [0.1, 0.15) is 0 Å². The maximum atomic E-state index is 12.7. The van der Waals surface area contributed by atoms with Crippen molar-refractivity contribution in [3.8, 4) is 0 Å². The van der Waals surface area contributed by atoms with E-state index in [-0.39, 0.29) is 12.1 Å². The number of carbonyl (C=O) groups excluding carboxylic acids is 1. The molecule has 0 aliphatic carbocycles. The molecule has 2 aromatic rings. The first-order valence-corrected chi connectivity index (χ1v) is 8.96. The Labute approximate surface area is 142 Å². The van der Waals surface area contributed by atoms with E-state index in [0.29, 0.717) is 11.3 Å². The molecule has 0 unspecified atom stereocenters. The van der Waals surface area contributed by atoms with Crippen molar-refractivity contribution in [3.05, 3.63) is 65.2 Å².